The van der Waals surface area contributed by atoms with Crippen LogP contribution < -0.4 is 10.5 Å². The summed E-state index contributed by atoms with van der Waals surface area (Å²) in [6.45, 7) is 1.23. The highest BCUT2D eigenvalue weighted by Gasteiger charge is 2.33. The number of amides is 1. The summed E-state index contributed by atoms with van der Waals surface area (Å²) >= 11 is 1.35. The first-order valence-corrected chi connectivity index (χ1v) is 5.02. The Kier molecular flexibility index (Phi) is 2.39. The van der Waals surface area contributed by atoms with Gasteiger partial charge in [-0.25, -0.2) is 0 Å². The van der Waals surface area contributed by atoms with Crippen LogP contribution in [-0.2, 0) is 11.3 Å². The molecule has 1 amide bonds. The van der Waals surface area contributed by atoms with Crippen molar-refractivity contribution < 1.29 is 9.53 Å². The number of likely N-dealkylation sites (tertiary alicyclic amines) is 1. The van der Waals surface area contributed by atoms with Crippen molar-refractivity contribution in [2.75, 3.05) is 13.7 Å². The Balaban J connectivity index is 1.95. The van der Waals surface area contributed by atoms with Gasteiger partial charge in [-0.1, -0.05) is 0 Å². The van der Waals surface area contributed by atoms with Crippen molar-refractivity contribution in [3.8, 4) is 5.88 Å². The third-order valence-electron chi connectivity index (χ3n) is 2.14. The molecule has 0 spiro atoms. The molecule has 1 aliphatic rings. The van der Waals surface area contributed by atoms with Crippen molar-refractivity contribution >= 4 is 17.4 Å². The molecule has 1 fully saturated rings. The molecule has 2 N–H and O–H groups in total. The number of aromatic nitrogens is 1. The molecule has 2 heterocycles. The van der Waals surface area contributed by atoms with E-state index in [4.69, 9.17) is 10.5 Å². The molecule has 5 nitrogen and oxygen atoms in total. The number of methoxy groups -OCH3 is 1. The maximum Gasteiger partial charge on any atom is 0.241 e. The highest BCUT2D eigenvalue weighted by molar-refractivity contribution is 7.05. The van der Waals surface area contributed by atoms with Gasteiger partial charge in [0.25, 0.3) is 0 Å². The van der Waals surface area contributed by atoms with E-state index in [1.54, 1.807) is 12.0 Å². The van der Waals surface area contributed by atoms with Gasteiger partial charge in [0.15, 0.2) is 0 Å². The van der Waals surface area contributed by atoms with Gasteiger partial charge in [-0.2, -0.15) is 4.37 Å². The number of hydrogen-bond donors (Lipinski definition) is 1. The van der Waals surface area contributed by atoms with E-state index in [0.29, 0.717) is 19.0 Å². The van der Waals surface area contributed by atoms with Crippen LogP contribution in [0, 0.1) is 0 Å². The molecule has 14 heavy (non-hydrogen) atoms. The van der Waals surface area contributed by atoms with Crippen LogP contribution in [0.15, 0.2) is 6.07 Å². The van der Waals surface area contributed by atoms with Gasteiger partial charge in [0, 0.05) is 17.5 Å². The smallest absolute Gasteiger partial charge is 0.241 e. The number of carbonyl (C=O) groups excluding carboxylic acids is 1. The largest absolute Gasteiger partial charge is 0.480 e. The van der Waals surface area contributed by atoms with Crippen LogP contribution in [0.4, 0.5) is 0 Å². The van der Waals surface area contributed by atoms with Crippen molar-refractivity contribution in [3.05, 3.63) is 10.9 Å². The molecule has 0 bridgehead atoms. The first-order chi connectivity index (χ1) is 6.70. The second kappa shape index (κ2) is 3.55. The lowest BCUT2D eigenvalue weighted by Crippen LogP contribution is -2.60. The zero-order valence-electron chi connectivity index (χ0n) is 7.77. The van der Waals surface area contributed by atoms with Crippen molar-refractivity contribution in [1.82, 2.24) is 9.27 Å². The van der Waals surface area contributed by atoms with E-state index in [0.717, 1.165) is 4.88 Å². The maximum absolute atomic E-state index is 11.2. The van der Waals surface area contributed by atoms with Gasteiger partial charge in [-0.15, -0.1) is 0 Å². The number of hydrogen-bond acceptors (Lipinski definition) is 5. The van der Waals surface area contributed by atoms with E-state index in [1.807, 2.05) is 6.07 Å². The molecule has 1 saturated heterocycles. The third-order valence-corrected chi connectivity index (χ3v) is 2.89. The Hall–Kier alpha value is -1.14. The van der Waals surface area contributed by atoms with Crippen molar-refractivity contribution in [1.29, 1.82) is 0 Å². The van der Waals surface area contributed by atoms with E-state index < -0.39 is 0 Å². The second-order valence-electron chi connectivity index (χ2n) is 3.16. The molecule has 1 aromatic rings. The van der Waals surface area contributed by atoms with Crippen molar-refractivity contribution in [3.63, 3.8) is 0 Å². The zero-order chi connectivity index (χ0) is 10.1. The lowest BCUT2D eigenvalue weighted by molar-refractivity contribution is -0.143. The Morgan fingerprint density at radius 3 is 3.14 bits per heavy atom. The van der Waals surface area contributed by atoms with Crippen molar-refractivity contribution in [2.45, 2.75) is 12.6 Å². The molecule has 1 aliphatic heterocycles. The molecule has 76 valence electrons. The number of nitrogens with zero attached hydrogens (tertiary/aromatic N) is 2. The minimum Gasteiger partial charge on any atom is -0.480 e. The minimum atomic E-state index is -0.301. The molecule has 0 saturated carbocycles. The number of rotatable bonds is 3. The van der Waals surface area contributed by atoms with Gasteiger partial charge in [-0.05, 0) is 11.5 Å². The molecule has 1 aromatic heterocycles. The molecular weight excluding hydrogens is 202 g/mol. The molecule has 0 radical (unpaired) electrons. The van der Waals surface area contributed by atoms with E-state index in [9.17, 15) is 4.79 Å². The summed E-state index contributed by atoms with van der Waals surface area (Å²) in [7, 11) is 1.57. The van der Waals surface area contributed by atoms with E-state index >= 15 is 0 Å². The first-order valence-electron chi connectivity index (χ1n) is 4.24. The summed E-state index contributed by atoms with van der Waals surface area (Å²) in [5.41, 5.74) is 5.47. The lowest BCUT2D eigenvalue weighted by atomic mass is 10.1. The molecule has 0 aromatic carbocycles. The SMILES string of the molecule is COc1cc(CN2CC(N)C2=O)sn1. The lowest BCUT2D eigenvalue weighted by Gasteiger charge is -2.35. The highest BCUT2D eigenvalue weighted by atomic mass is 32.1. The van der Waals surface area contributed by atoms with Gasteiger partial charge in [0.05, 0.1) is 13.7 Å². The Morgan fingerprint density at radius 1 is 1.86 bits per heavy atom. The van der Waals surface area contributed by atoms with Crippen LogP contribution in [0.5, 0.6) is 5.88 Å². The molecule has 1 atom stereocenters. The summed E-state index contributed by atoms with van der Waals surface area (Å²) in [4.78, 5) is 13.9. The molecule has 2 rings (SSSR count). The van der Waals surface area contributed by atoms with Gasteiger partial charge in [0.1, 0.15) is 6.04 Å². The fourth-order valence-corrected chi connectivity index (χ4v) is 2.02. The van der Waals surface area contributed by atoms with Gasteiger partial charge >= 0.3 is 0 Å². The summed E-state index contributed by atoms with van der Waals surface area (Å²) in [5.74, 6) is 0.611. The Bertz CT molecular complexity index is 352. The Labute approximate surface area is 85.6 Å². The predicted octanol–water partition coefficient (Wildman–Crippen LogP) is -0.179. The number of ether oxygens (including phenoxy) is 1. The van der Waals surface area contributed by atoms with Gasteiger partial charge < -0.3 is 15.4 Å². The van der Waals surface area contributed by atoms with Gasteiger partial charge in [0.2, 0.25) is 11.8 Å². The van der Waals surface area contributed by atoms with Crippen LogP contribution in [-0.4, -0.2) is 34.9 Å². The molecule has 1 unspecified atom stereocenters. The molecule has 0 aliphatic carbocycles. The monoisotopic (exact) mass is 213 g/mol. The summed E-state index contributed by atoms with van der Waals surface area (Å²) in [6.07, 6.45) is 0. The van der Waals surface area contributed by atoms with Crippen LogP contribution in [0.2, 0.25) is 0 Å². The van der Waals surface area contributed by atoms with E-state index in [2.05, 4.69) is 4.37 Å². The van der Waals surface area contributed by atoms with E-state index in [1.165, 1.54) is 11.5 Å². The standard InChI is InChI=1S/C8H11N3O2S/c1-13-7-2-5(14-10-7)3-11-4-6(9)8(11)12/h2,6H,3-4,9H2,1H3. The predicted molar refractivity (Wildman–Crippen MR) is 52.1 cm³/mol. The summed E-state index contributed by atoms with van der Waals surface area (Å²) in [5, 5.41) is 0. The first kappa shape index (κ1) is 9.42. The third kappa shape index (κ3) is 1.58. The van der Waals surface area contributed by atoms with Crippen molar-refractivity contribution in [2.24, 2.45) is 5.73 Å². The Morgan fingerprint density at radius 2 is 2.64 bits per heavy atom. The fraction of sp³-hybridized carbons (Fsp3) is 0.500. The number of β-lactam (4-membered cyclic amide) rings is 1. The average molecular weight is 213 g/mol. The average Bonchev–Trinajstić information content (AvgIpc) is 2.65. The maximum atomic E-state index is 11.2. The minimum absolute atomic E-state index is 0.0115. The normalized spacial score (nSPS) is 20.9. The topological polar surface area (TPSA) is 68.5 Å². The zero-order valence-corrected chi connectivity index (χ0v) is 8.58. The van der Waals surface area contributed by atoms with Gasteiger partial charge in [-0.3, -0.25) is 4.79 Å². The number of carbonyl (C=O) groups is 1. The summed E-state index contributed by atoms with van der Waals surface area (Å²) in [6, 6.07) is 1.53. The highest BCUT2D eigenvalue weighted by Crippen LogP contribution is 2.20. The summed E-state index contributed by atoms with van der Waals surface area (Å²) < 4.78 is 8.99. The quantitative estimate of drug-likeness (QED) is 0.707. The molecule has 6 heteroatoms. The van der Waals surface area contributed by atoms with Crippen LogP contribution in [0.25, 0.3) is 0 Å². The second-order valence-corrected chi connectivity index (χ2v) is 4.05. The number of nitrogens with two attached hydrogens (primary N) is 1. The van der Waals surface area contributed by atoms with Crippen LogP contribution in [0.3, 0.4) is 0 Å². The van der Waals surface area contributed by atoms with E-state index in [-0.39, 0.29) is 11.9 Å². The van der Waals surface area contributed by atoms with Crippen LogP contribution in [0.1, 0.15) is 4.88 Å². The van der Waals surface area contributed by atoms with Crippen LogP contribution >= 0.6 is 11.5 Å². The fourth-order valence-electron chi connectivity index (χ4n) is 1.32. The molecular formula is C8H11N3O2S.